The summed E-state index contributed by atoms with van der Waals surface area (Å²) in [6, 6.07) is 0. The number of morpholine rings is 1. The van der Waals surface area contributed by atoms with Crippen molar-refractivity contribution in [3.05, 3.63) is 16.6 Å². The summed E-state index contributed by atoms with van der Waals surface area (Å²) in [5, 5.41) is 5.18. The topological polar surface area (TPSA) is 54.5 Å². The summed E-state index contributed by atoms with van der Waals surface area (Å²) in [7, 11) is 1.80. The van der Waals surface area contributed by atoms with Gasteiger partial charge in [0.05, 0.1) is 36.9 Å². The van der Waals surface area contributed by atoms with Crippen LogP contribution in [0.4, 0.5) is 0 Å². The Bertz CT molecular complexity index is 359. The normalized spacial score (nSPS) is 18.1. The van der Waals surface area contributed by atoms with Gasteiger partial charge in [-0.2, -0.15) is 0 Å². The number of rotatable bonds is 4. The maximum atomic E-state index is 11.9. The lowest BCUT2D eigenvalue weighted by Crippen LogP contribution is -2.41. The first-order valence-electron chi connectivity index (χ1n) is 5.69. The van der Waals surface area contributed by atoms with Crippen LogP contribution in [-0.4, -0.2) is 48.6 Å². The summed E-state index contributed by atoms with van der Waals surface area (Å²) < 4.78 is 5.51. The summed E-state index contributed by atoms with van der Waals surface area (Å²) in [6.07, 6.45) is 0.447. The molecule has 1 atom stereocenters. The molecule has 1 amide bonds. The van der Waals surface area contributed by atoms with Crippen LogP contribution in [0.5, 0.6) is 0 Å². The van der Waals surface area contributed by atoms with E-state index in [0.717, 1.165) is 18.8 Å². The molecule has 0 saturated carbocycles. The minimum atomic E-state index is 0. The van der Waals surface area contributed by atoms with Crippen LogP contribution in [0.1, 0.15) is 12.1 Å². The van der Waals surface area contributed by atoms with Crippen LogP contribution < -0.4 is 5.32 Å². The zero-order chi connectivity index (χ0) is 12.1. The molecule has 1 saturated heterocycles. The molecule has 1 aromatic heterocycles. The maximum absolute atomic E-state index is 11.9. The molecule has 1 aliphatic heterocycles. The van der Waals surface area contributed by atoms with Gasteiger partial charge in [-0.3, -0.25) is 4.79 Å². The predicted octanol–water partition coefficient (Wildman–Crippen LogP) is 1.32. The Labute approximate surface area is 129 Å². The monoisotopic (exact) mass is 327 g/mol. The molecule has 0 aromatic carbocycles. The number of aromatic nitrogens is 1. The van der Waals surface area contributed by atoms with E-state index in [1.54, 1.807) is 28.8 Å². The molecule has 2 heterocycles. The second kappa shape index (κ2) is 9.50. The second-order valence-corrected chi connectivity index (χ2v) is 4.85. The predicted molar refractivity (Wildman–Crippen MR) is 80.3 cm³/mol. The molecule has 1 aromatic rings. The Morgan fingerprint density at radius 3 is 3.00 bits per heavy atom. The number of nitrogens with one attached hydrogen (secondary N) is 1. The van der Waals surface area contributed by atoms with Crippen molar-refractivity contribution < 1.29 is 9.53 Å². The highest BCUT2D eigenvalue weighted by atomic mass is 35.5. The van der Waals surface area contributed by atoms with Crippen LogP contribution in [0.15, 0.2) is 10.9 Å². The van der Waals surface area contributed by atoms with Crippen molar-refractivity contribution in [2.24, 2.45) is 0 Å². The standard InChI is InChI=1S/C11H17N3O2S.2ClH/c1-14(6-9-7-17-8-13-9)11(15)4-10-5-12-2-3-16-10;;/h7-8,10,12H,2-6H2,1H3;2*1H. The minimum Gasteiger partial charge on any atom is -0.375 e. The number of hydrogen-bond donors (Lipinski definition) is 1. The average molecular weight is 328 g/mol. The molecule has 0 radical (unpaired) electrons. The quantitative estimate of drug-likeness (QED) is 0.906. The fourth-order valence-corrected chi connectivity index (χ4v) is 2.30. The maximum Gasteiger partial charge on any atom is 0.225 e. The van der Waals surface area contributed by atoms with Gasteiger partial charge in [-0.05, 0) is 0 Å². The molecule has 1 unspecified atom stereocenters. The van der Waals surface area contributed by atoms with Gasteiger partial charge in [-0.25, -0.2) is 4.98 Å². The van der Waals surface area contributed by atoms with Gasteiger partial charge in [0.2, 0.25) is 5.91 Å². The zero-order valence-electron chi connectivity index (χ0n) is 10.7. The van der Waals surface area contributed by atoms with E-state index >= 15 is 0 Å². The summed E-state index contributed by atoms with van der Waals surface area (Å²) in [5.74, 6) is 0.103. The molecule has 1 fully saturated rings. The summed E-state index contributed by atoms with van der Waals surface area (Å²) >= 11 is 1.55. The van der Waals surface area contributed by atoms with Crippen molar-refractivity contribution in [2.45, 2.75) is 19.1 Å². The Hall–Kier alpha value is -0.400. The number of thiazole rings is 1. The third kappa shape index (κ3) is 6.05. The Balaban J connectivity index is 0.00000162. The van der Waals surface area contributed by atoms with Crippen LogP contribution in [0.2, 0.25) is 0 Å². The molecular formula is C11H19Cl2N3O2S. The Morgan fingerprint density at radius 2 is 2.42 bits per heavy atom. The highest BCUT2D eigenvalue weighted by Gasteiger charge is 2.19. The van der Waals surface area contributed by atoms with Crippen molar-refractivity contribution >= 4 is 42.1 Å². The first-order chi connectivity index (χ1) is 8.25. The zero-order valence-corrected chi connectivity index (χ0v) is 13.2. The molecule has 0 aliphatic carbocycles. The minimum absolute atomic E-state index is 0. The van der Waals surface area contributed by atoms with Gasteiger partial charge in [0.25, 0.3) is 0 Å². The lowest BCUT2D eigenvalue weighted by atomic mass is 10.2. The van der Waals surface area contributed by atoms with Crippen LogP contribution in [-0.2, 0) is 16.1 Å². The van der Waals surface area contributed by atoms with Gasteiger partial charge < -0.3 is 15.0 Å². The fourth-order valence-electron chi connectivity index (χ4n) is 1.75. The van der Waals surface area contributed by atoms with E-state index in [1.807, 2.05) is 5.38 Å². The Morgan fingerprint density at radius 1 is 1.63 bits per heavy atom. The van der Waals surface area contributed by atoms with Crippen LogP contribution in [0.3, 0.4) is 0 Å². The fraction of sp³-hybridized carbons (Fsp3) is 0.636. The van der Waals surface area contributed by atoms with Gasteiger partial charge in [-0.1, -0.05) is 0 Å². The molecular weight excluding hydrogens is 309 g/mol. The summed E-state index contributed by atoms with van der Waals surface area (Å²) in [6.45, 7) is 2.89. The molecule has 19 heavy (non-hydrogen) atoms. The number of carbonyl (C=O) groups is 1. The third-order valence-corrected chi connectivity index (χ3v) is 3.35. The van der Waals surface area contributed by atoms with Crippen molar-refractivity contribution in [3.8, 4) is 0 Å². The number of hydrogen-bond acceptors (Lipinski definition) is 5. The molecule has 8 heteroatoms. The number of carbonyl (C=O) groups excluding carboxylic acids is 1. The van der Waals surface area contributed by atoms with Gasteiger partial charge in [-0.15, -0.1) is 36.2 Å². The summed E-state index contributed by atoms with van der Waals surface area (Å²) in [5.41, 5.74) is 2.72. The highest BCUT2D eigenvalue weighted by Crippen LogP contribution is 2.08. The lowest BCUT2D eigenvalue weighted by Gasteiger charge is -2.25. The number of halogens is 2. The Kier molecular flexibility index (Phi) is 9.30. The van der Waals surface area contributed by atoms with Gasteiger partial charge in [0.1, 0.15) is 0 Å². The van der Waals surface area contributed by atoms with Gasteiger partial charge in [0, 0.05) is 25.5 Å². The van der Waals surface area contributed by atoms with E-state index in [9.17, 15) is 4.79 Å². The molecule has 2 rings (SSSR count). The highest BCUT2D eigenvalue weighted by molar-refractivity contribution is 7.07. The van der Waals surface area contributed by atoms with E-state index in [-0.39, 0.29) is 36.8 Å². The van der Waals surface area contributed by atoms with Gasteiger partial charge >= 0.3 is 0 Å². The SMILES string of the molecule is CN(Cc1cscn1)C(=O)CC1CNCCO1.Cl.Cl. The van der Waals surface area contributed by atoms with Crippen LogP contribution in [0.25, 0.3) is 0 Å². The van der Waals surface area contributed by atoms with Crippen LogP contribution >= 0.6 is 36.2 Å². The van der Waals surface area contributed by atoms with Crippen molar-refractivity contribution in [1.82, 2.24) is 15.2 Å². The van der Waals surface area contributed by atoms with Crippen molar-refractivity contribution in [3.63, 3.8) is 0 Å². The molecule has 1 N–H and O–H groups in total. The number of ether oxygens (including phenoxy) is 1. The molecule has 1 aliphatic rings. The molecule has 0 spiro atoms. The number of amides is 1. The first kappa shape index (κ1) is 18.6. The van der Waals surface area contributed by atoms with E-state index in [4.69, 9.17) is 4.74 Å². The van der Waals surface area contributed by atoms with Crippen molar-refractivity contribution in [2.75, 3.05) is 26.7 Å². The number of nitrogens with zero attached hydrogens (tertiary/aromatic N) is 2. The van der Waals surface area contributed by atoms with Crippen LogP contribution in [0, 0.1) is 0 Å². The third-order valence-electron chi connectivity index (χ3n) is 2.72. The van der Waals surface area contributed by atoms with Gasteiger partial charge in [0.15, 0.2) is 0 Å². The first-order valence-corrected chi connectivity index (χ1v) is 6.63. The molecule has 110 valence electrons. The second-order valence-electron chi connectivity index (χ2n) is 4.13. The summed E-state index contributed by atoms with van der Waals surface area (Å²) in [4.78, 5) is 17.8. The molecule has 0 bridgehead atoms. The van der Waals surface area contributed by atoms with E-state index in [1.165, 1.54) is 0 Å². The lowest BCUT2D eigenvalue weighted by molar-refractivity contribution is -0.134. The largest absolute Gasteiger partial charge is 0.375 e. The van der Waals surface area contributed by atoms with E-state index in [0.29, 0.717) is 19.6 Å². The smallest absolute Gasteiger partial charge is 0.225 e. The average Bonchev–Trinajstić information content (AvgIpc) is 2.83. The van der Waals surface area contributed by atoms with Crippen molar-refractivity contribution in [1.29, 1.82) is 0 Å². The molecule has 5 nitrogen and oxygen atoms in total. The van der Waals surface area contributed by atoms with E-state index < -0.39 is 0 Å². The van der Waals surface area contributed by atoms with E-state index in [2.05, 4.69) is 10.3 Å².